The third-order valence-corrected chi connectivity index (χ3v) is 6.12. The van der Waals surface area contributed by atoms with Gasteiger partial charge in [0.25, 0.3) is 5.56 Å². The zero-order chi connectivity index (χ0) is 16.8. The van der Waals surface area contributed by atoms with Gasteiger partial charge in [0.15, 0.2) is 0 Å². The fraction of sp³-hybridized carbons (Fsp3) is 0.444. The lowest BCUT2D eigenvalue weighted by Crippen LogP contribution is -2.38. The number of hydrogen-bond donors (Lipinski definition) is 0. The second-order valence-corrected chi connectivity index (χ2v) is 7.71. The highest BCUT2D eigenvalue weighted by Crippen LogP contribution is 2.32. The van der Waals surface area contributed by atoms with E-state index in [1.165, 1.54) is 0 Å². The summed E-state index contributed by atoms with van der Waals surface area (Å²) in [4.78, 5) is 24.7. The molecule has 4 heterocycles. The van der Waals surface area contributed by atoms with Crippen molar-refractivity contribution in [3.8, 4) is 0 Å². The minimum absolute atomic E-state index is 0.0240. The highest BCUT2D eigenvalue weighted by atomic mass is 32.1. The molecule has 1 saturated heterocycles. The Morgan fingerprint density at radius 3 is 3.16 bits per heavy atom. The fourth-order valence-corrected chi connectivity index (χ4v) is 4.81. The van der Waals surface area contributed by atoms with Crippen molar-refractivity contribution >= 4 is 27.4 Å². The predicted octanol–water partition coefficient (Wildman–Crippen LogP) is 2.41. The van der Waals surface area contributed by atoms with Crippen molar-refractivity contribution in [2.24, 2.45) is 0 Å². The molecule has 0 N–H and O–H groups in total. The van der Waals surface area contributed by atoms with Crippen molar-refractivity contribution in [1.82, 2.24) is 19.7 Å². The molecule has 0 radical (unpaired) electrons. The highest BCUT2D eigenvalue weighted by Gasteiger charge is 2.28. The summed E-state index contributed by atoms with van der Waals surface area (Å²) in [6.45, 7) is 1.59. The maximum absolute atomic E-state index is 12.4. The molecule has 3 aromatic rings. The second kappa shape index (κ2) is 5.91. The fourth-order valence-electron chi connectivity index (χ4n) is 4.08. The van der Waals surface area contributed by atoms with Gasteiger partial charge in [-0.1, -0.05) is 0 Å². The van der Waals surface area contributed by atoms with E-state index in [0.717, 1.165) is 65.9 Å². The molecule has 25 heavy (non-hydrogen) atoms. The van der Waals surface area contributed by atoms with Crippen LogP contribution in [0.4, 0.5) is 5.82 Å². The number of aromatic nitrogens is 4. The maximum Gasteiger partial charge on any atom is 0.267 e. The van der Waals surface area contributed by atoms with E-state index in [0.29, 0.717) is 6.54 Å². The van der Waals surface area contributed by atoms with Gasteiger partial charge in [-0.15, -0.1) is 11.3 Å². The van der Waals surface area contributed by atoms with Crippen LogP contribution in [0, 0.1) is 0 Å². The highest BCUT2D eigenvalue weighted by molar-refractivity contribution is 7.16. The lowest BCUT2D eigenvalue weighted by atomic mass is 10.2. The molecule has 2 aliphatic rings. The molecule has 6 nitrogen and oxygen atoms in total. The zero-order valence-electron chi connectivity index (χ0n) is 13.9. The van der Waals surface area contributed by atoms with Crippen LogP contribution >= 0.6 is 11.3 Å². The van der Waals surface area contributed by atoms with Crippen LogP contribution in [-0.2, 0) is 19.4 Å². The van der Waals surface area contributed by atoms with E-state index in [-0.39, 0.29) is 11.6 Å². The Labute approximate surface area is 149 Å². The van der Waals surface area contributed by atoms with Crippen molar-refractivity contribution in [3.05, 3.63) is 45.5 Å². The topological polar surface area (TPSA) is 63.9 Å². The number of aryl methyl sites for hydroxylation is 2. The molecule has 7 heteroatoms. The van der Waals surface area contributed by atoms with Gasteiger partial charge in [0, 0.05) is 12.6 Å². The normalized spacial score (nSPS) is 19.7. The molecule has 1 atom stereocenters. The summed E-state index contributed by atoms with van der Waals surface area (Å²) in [7, 11) is 0. The SMILES string of the molecule is O=c1cc2c(nn1CC1CCCN1c1ncnc3sccc13)CCC2. The standard InChI is InChI=1S/C18H19N5OS/c24-16-9-12-3-1-5-15(12)21-23(16)10-13-4-2-7-22(13)17-14-6-8-25-18(14)20-11-19-17/h6,8-9,11,13H,1-5,7,10H2. The first kappa shape index (κ1) is 15.0. The van der Waals surface area contributed by atoms with Crippen molar-refractivity contribution in [1.29, 1.82) is 0 Å². The molecule has 3 aromatic heterocycles. The third-order valence-electron chi connectivity index (χ3n) is 5.30. The minimum atomic E-state index is 0.0240. The first-order chi connectivity index (χ1) is 12.3. The Kier molecular flexibility index (Phi) is 3.55. The number of thiophene rings is 1. The Bertz CT molecular complexity index is 995. The van der Waals surface area contributed by atoms with Gasteiger partial charge in [0.2, 0.25) is 0 Å². The van der Waals surface area contributed by atoms with Crippen molar-refractivity contribution in [3.63, 3.8) is 0 Å². The summed E-state index contributed by atoms with van der Waals surface area (Å²) in [5.41, 5.74) is 2.27. The van der Waals surface area contributed by atoms with Gasteiger partial charge < -0.3 is 4.90 Å². The van der Waals surface area contributed by atoms with Gasteiger partial charge in [0.1, 0.15) is 17.0 Å². The number of anilines is 1. The van der Waals surface area contributed by atoms with Gasteiger partial charge in [-0.25, -0.2) is 14.6 Å². The number of fused-ring (bicyclic) bond motifs is 2. The van der Waals surface area contributed by atoms with Gasteiger partial charge in [-0.2, -0.15) is 5.10 Å². The minimum Gasteiger partial charge on any atom is -0.351 e. The summed E-state index contributed by atoms with van der Waals surface area (Å²) < 4.78 is 1.67. The molecule has 0 amide bonds. The lowest BCUT2D eigenvalue weighted by molar-refractivity contribution is 0.482. The average Bonchev–Trinajstić information content (AvgIpc) is 3.34. The van der Waals surface area contributed by atoms with E-state index in [2.05, 4.69) is 31.4 Å². The van der Waals surface area contributed by atoms with E-state index in [4.69, 9.17) is 0 Å². The van der Waals surface area contributed by atoms with Crippen LogP contribution in [0.3, 0.4) is 0 Å². The monoisotopic (exact) mass is 353 g/mol. The Balaban J connectivity index is 1.48. The molecule has 128 valence electrons. The molecular formula is C18H19N5OS. The van der Waals surface area contributed by atoms with E-state index >= 15 is 0 Å². The Morgan fingerprint density at radius 2 is 2.20 bits per heavy atom. The molecule has 1 aliphatic heterocycles. The molecule has 0 spiro atoms. The Morgan fingerprint density at radius 1 is 1.24 bits per heavy atom. The van der Waals surface area contributed by atoms with Crippen molar-refractivity contribution in [2.45, 2.75) is 44.7 Å². The van der Waals surface area contributed by atoms with Crippen LogP contribution in [0.25, 0.3) is 10.2 Å². The van der Waals surface area contributed by atoms with E-state index in [9.17, 15) is 4.79 Å². The second-order valence-electron chi connectivity index (χ2n) is 6.82. The van der Waals surface area contributed by atoms with Gasteiger partial charge in [-0.05, 0) is 49.1 Å². The summed E-state index contributed by atoms with van der Waals surface area (Å²) in [5.74, 6) is 0.989. The first-order valence-corrected chi connectivity index (χ1v) is 9.72. The maximum atomic E-state index is 12.4. The largest absolute Gasteiger partial charge is 0.351 e. The molecule has 1 aliphatic carbocycles. The average molecular weight is 353 g/mol. The van der Waals surface area contributed by atoms with E-state index in [1.807, 2.05) is 0 Å². The zero-order valence-corrected chi connectivity index (χ0v) is 14.7. The van der Waals surface area contributed by atoms with Crippen LogP contribution in [0.5, 0.6) is 0 Å². The number of nitrogens with zero attached hydrogens (tertiary/aromatic N) is 5. The molecule has 0 saturated carbocycles. The predicted molar refractivity (Wildman–Crippen MR) is 98.3 cm³/mol. The summed E-state index contributed by atoms with van der Waals surface area (Å²) >= 11 is 1.64. The van der Waals surface area contributed by atoms with Gasteiger partial charge >= 0.3 is 0 Å². The molecule has 5 rings (SSSR count). The van der Waals surface area contributed by atoms with E-state index in [1.54, 1.807) is 28.4 Å². The van der Waals surface area contributed by atoms with Gasteiger partial charge in [0.05, 0.1) is 23.7 Å². The summed E-state index contributed by atoms with van der Waals surface area (Å²) in [6, 6.07) is 4.13. The quantitative estimate of drug-likeness (QED) is 0.723. The van der Waals surface area contributed by atoms with Crippen molar-refractivity contribution in [2.75, 3.05) is 11.4 Å². The Hall–Kier alpha value is -2.28. The molecule has 1 fully saturated rings. The molecule has 1 unspecified atom stereocenters. The molecular weight excluding hydrogens is 334 g/mol. The number of hydrogen-bond acceptors (Lipinski definition) is 6. The van der Waals surface area contributed by atoms with Gasteiger partial charge in [-0.3, -0.25) is 4.79 Å². The lowest BCUT2D eigenvalue weighted by Gasteiger charge is -2.26. The van der Waals surface area contributed by atoms with Crippen molar-refractivity contribution < 1.29 is 0 Å². The summed E-state index contributed by atoms with van der Waals surface area (Å²) in [6.07, 6.45) is 6.90. The molecule has 0 aromatic carbocycles. The first-order valence-electron chi connectivity index (χ1n) is 8.84. The van der Waals surface area contributed by atoms with Crippen LogP contribution in [0.15, 0.2) is 28.6 Å². The number of rotatable bonds is 3. The summed E-state index contributed by atoms with van der Waals surface area (Å²) in [5, 5.41) is 7.80. The van der Waals surface area contributed by atoms with Crippen LogP contribution in [0.1, 0.15) is 30.5 Å². The van der Waals surface area contributed by atoms with Crippen LogP contribution in [0.2, 0.25) is 0 Å². The van der Waals surface area contributed by atoms with Crippen LogP contribution < -0.4 is 10.5 Å². The molecule has 0 bridgehead atoms. The van der Waals surface area contributed by atoms with E-state index < -0.39 is 0 Å². The van der Waals surface area contributed by atoms with Crippen LogP contribution in [-0.4, -0.2) is 32.3 Å². The third kappa shape index (κ3) is 2.54. The smallest absolute Gasteiger partial charge is 0.267 e.